The molecule has 0 atom stereocenters. The summed E-state index contributed by atoms with van der Waals surface area (Å²) in [5.41, 5.74) is 2.62. The molecular formula is C20H16N2O2. The summed E-state index contributed by atoms with van der Waals surface area (Å²) >= 11 is 0. The summed E-state index contributed by atoms with van der Waals surface area (Å²) < 4.78 is 6.69. The van der Waals surface area contributed by atoms with Crippen LogP contribution in [-0.4, -0.2) is 22.4 Å². The molecule has 0 bridgehead atoms. The van der Waals surface area contributed by atoms with Gasteiger partial charge in [-0.1, -0.05) is 42.3 Å². The van der Waals surface area contributed by atoms with Gasteiger partial charge in [-0.05, 0) is 37.1 Å². The smallest absolute Gasteiger partial charge is 0.358 e. The van der Waals surface area contributed by atoms with Gasteiger partial charge in [-0.15, -0.1) is 0 Å². The predicted molar refractivity (Wildman–Crippen MR) is 91.9 cm³/mol. The molecule has 0 saturated heterocycles. The van der Waals surface area contributed by atoms with Crippen LogP contribution in [0.3, 0.4) is 0 Å². The van der Waals surface area contributed by atoms with Crippen LogP contribution in [0.15, 0.2) is 66.7 Å². The highest BCUT2D eigenvalue weighted by Gasteiger charge is 2.15. The molecule has 3 rings (SSSR count). The van der Waals surface area contributed by atoms with Crippen LogP contribution >= 0.6 is 0 Å². The van der Waals surface area contributed by atoms with Crippen LogP contribution in [0.2, 0.25) is 0 Å². The fraction of sp³-hybridized carbons (Fsp3) is 0.100. The molecule has 3 aromatic rings. The van der Waals surface area contributed by atoms with E-state index in [1.807, 2.05) is 60.7 Å². The van der Waals surface area contributed by atoms with E-state index >= 15 is 0 Å². The Morgan fingerprint density at radius 2 is 1.71 bits per heavy atom. The molecule has 0 radical (unpaired) electrons. The molecule has 0 amide bonds. The van der Waals surface area contributed by atoms with Crippen LogP contribution in [0.1, 0.15) is 28.7 Å². The second kappa shape index (κ2) is 7.30. The zero-order valence-electron chi connectivity index (χ0n) is 13.3. The van der Waals surface area contributed by atoms with Gasteiger partial charge in [-0.25, -0.2) is 9.48 Å². The van der Waals surface area contributed by atoms with Crippen LogP contribution in [0.5, 0.6) is 0 Å². The molecule has 0 aliphatic carbocycles. The number of hydrogen-bond donors (Lipinski definition) is 0. The molecule has 1 aromatic heterocycles. The number of para-hydroxylation sites is 1. The molecule has 24 heavy (non-hydrogen) atoms. The molecule has 0 N–H and O–H groups in total. The fourth-order valence-electron chi connectivity index (χ4n) is 2.20. The minimum Gasteiger partial charge on any atom is -0.461 e. The van der Waals surface area contributed by atoms with Crippen molar-refractivity contribution in [1.82, 2.24) is 9.78 Å². The SMILES string of the molecule is CCOC(=O)c1cc(C#Cc2ccccc2)n(-c2ccccc2)n1. The van der Waals surface area contributed by atoms with E-state index in [9.17, 15) is 4.79 Å². The summed E-state index contributed by atoms with van der Waals surface area (Å²) in [7, 11) is 0. The van der Waals surface area contributed by atoms with Crippen LogP contribution < -0.4 is 0 Å². The lowest BCUT2D eigenvalue weighted by Gasteiger charge is -2.02. The van der Waals surface area contributed by atoms with Gasteiger partial charge >= 0.3 is 5.97 Å². The van der Waals surface area contributed by atoms with Crippen molar-refractivity contribution in [1.29, 1.82) is 0 Å². The Morgan fingerprint density at radius 1 is 1.04 bits per heavy atom. The van der Waals surface area contributed by atoms with E-state index in [2.05, 4.69) is 16.9 Å². The van der Waals surface area contributed by atoms with Gasteiger partial charge in [0.15, 0.2) is 5.69 Å². The van der Waals surface area contributed by atoms with E-state index in [1.54, 1.807) is 17.7 Å². The van der Waals surface area contributed by atoms with Crippen LogP contribution in [0, 0.1) is 11.8 Å². The fourth-order valence-corrected chi connectivity index (χ4v) is 2.20. The minimum absolute atomic E-state index is 0.248. The number of esters is 1. The summed E-state index contributed by atoms with van der Waals surface area (Å²) in [5.74, 6) is 5.73. The highest BCUT2D eigenvalue weighted by Crippen LogP contribution is 2.13. The van der Waals surface area contributed by atoms with Crippen molar-refractivity contribution >= 4 is 5.97 Å². The zero-order valence-corrected chi connectivity index (χ0v) is 13.3. The number of carbonyl (C=O) groups is 1. The first-order valence-corrected chi connectivity index (χ1v) is 7.67. The molecule has 2 aromatic carbocycles. The van der Waals surface area contributed by atoms with Gasteiger partial charge in [-0.2, -0.15) is 5.10 Å². The first-order chi connectivity index (χ1) is 11.8. The third-order valence-corrected chi connectivity index (χ3v) is 3.30. The molecule has 0 spiro atoms. The van der Waals surface area contributed by atoms with Crippen molar-refractivity contribution in [3.63, 3.8) is 0 Å². The molecule has 0 saturated carbocycles. The Kier molecular flexibility index (Phi) is 4.73. The Balaban J connectivity index is 2.03. The summed E-state index contributed by atoms with van der Waals surface area (Å²) in [6, 6.07) is 20.9. The Bertz CT molecular complexity index is 888. The number of rotatable bonds is 3. The maximum Gasteiger partial charge on any atom is 0.358 e. The van der Waals surface area contributed by atoms with E-state index in [1.165, 1.54) is 0 Å². The number of benzene rings is 2. The molecule has 0 aliphatic heterocycles. The lowest BCUT2D eigenvalue weighted by Crippen LogP contribution is -2.06. The number of carbonyl (C=O) groups excluding carboxylic acids is 1. The number of aromatic nitrogens is 2. The molecule has 0 unspecified atom stereocenters. The monoisotopic (exact) mass is 316 g/mol. The molecule has 1 heterocycles. The third kappa shape index (κ3) is 3.53. The second-order valence-electron chi connectivity index (χ2n) is 5.00. The Morgan fingerprint density at radius 3 is 2.38 bits per heavy atom. The number of ether oxygens (including phenoxy) is 1. The summed E-state index contributed by atoms with van der Waals surface area (Å²) in [4.78, 5) is 12.0. The minimum atomic E-state index is -0.449. The van der Waals surface area contributed by atoms with Crippen LogP contribution in [0.4, 0.5) is 0 Å². The van der Waals surface area contributed by atoms with Crippen molar-refractivity contribution < 1.29 is 9.53 Å². The summed E-state index contributed by atoms with van der Waals surface area (Å²) in [6.07, 6.45) is 0. The van der Waals surface area contributed by atoms with E-state index in [0.29, 0.717) is 12.3 Å². The molecule has 4 nitrogen and oxygen atoms in total. The van der Waals surface area contributed by atoms with Crippen molar-refractivity contribution in [3.8, 4) is 17.5 Å². The summed E-state index contributed by atoms with van der Waals surface area (Å²) in [5, 5.41) is 4.35. The van der Waals surface area contributed by atoms with E-state index in [-0.39, 0.29) is 5.69 Å². The van der Waals surface area contributed by atoms with Crippen LogP contribution in [0.25, 0.3) is 5.69 Å². The van der Waals surface area contributed by atoms with Gasteiger partial charge < -0.3 is 4.74 Å². The largest absolute Gasteiger partial charge is 0.461 e. The van der Waals surface area contributed by atoms with Crippen LogP contribution in [-0.2, 0) is 4.74 Å². The Labute approximate surface area is 140 Å². The maximum atomic E-state index is 12.0. The van der Waals surface area contributed by atoms with E-state index < -0.39 is 5.97 Å². The van der Waals surface area contributed by atoms with Gasteiger partial charge in [0.05, 0.1) is 12.3 Å². The van der Waals surface area contributed by atoms with Gasteiger partial charge in [0.1, 0.15) is 5.69 Å². The standard InChI is InChI=1S/C20H16N2O2/c1-2-24-20(23)19-15-18(14-13-16-9-5-3-6-10-16)22(21-19)17-11-7-4-8-12-17/h3-12,15H,2H2,1H3. The van der Waals surface area contributed by atoms with E-state index in [4.69, 9.17) is 4.74 Å². The van der Waals surface area contributed by atoms with Gasteiger partial charge in [0.25, 0.3) is 0 Å². The lowest BCUT2D eigenvalue weighted by atomic mass is 10.2. The molecule has 0 fully saturated rings. The van der Waals surface area contributed by atoms with Crippen molar-refractivity contribution in [2.45, 2.75) is 6.92 Å². The normalized spacial score (nSPS) is 9.88. The lowest BCUT2D eigenvalue weighted by molar-refractivity contribution is 0.0519. The summed E-state index contributed by atoms with van der Waals surface area (Å²) in [6.45, 7) is 2.07. The first-order valence-electron chi connectivity index (χ1n) is 7.67. The molecular weight excluding hydrogens is 300 g/mol. The van der Waals surface area contributed by atoms with Crippen molar-refractivity contribution in [2.75, 3.05) is 6.61 Å². The Hall–Kier alpha value is -3.32. The van der Waals surface area contributed by atoms with Gasteiger partial charge in [0, 0.05) is 11.6 Å². The highest BCUT2D eigenvalue weighted by molar-refractivity contribution is 5.87. The molecule has 4 heteroatoms. The van der Waals surface area contributed by atoms with Gasteiger partial charge in [-0.3, -0.25) is 0 Å². The third-order valence-electron chi connectivity index (χ3n) is 3.30. The number of nitrogens with zero attached hydrogens (tertiary/aromatic N) is 2. The predicted octanol–water partition coefficient (Wildman–Crippen LogP) is 3.45. The zero-order chi connectivity index (χ0) is 16.8. The highest BCUT2D eigenvalue weighted by atomic mass is 16.5. The molecule has 118 valence electrons. The van der Waals surface area contributed by atoms with Gasteiger partial charge in [0.2, 0.25) is 0 Å². The molecule has 0 aliphatic rings. The second-order valence-corrected chi connectivity index (χ2v) is 5.00. The average Bonchev–Trinajstić information content (AvgIpc) is 3.06. The van der Waals surface area contributed by atoms with E-state index in [0.717, 1.165) is 11.3 Å². The van der Waals surface area contributed by atoms with Crippen molar-refractivity contribution in [2.24, 2.45) is 0 Å². The first kappa shape index (κ1) is 15.6. The maximum absolute atomic E-state index is 12.0. The quantitative estimate of drug-likeness (QED) is 0.549. The number of hydrogen-bond acceptors (Lipinski definition) is 3. The van der Waals surface area contributed by atoms with Crippen molar-refractivity contribution in [3.05, 3.63) is 83.7 Å². The average molecular weight is 316 g/mol. The topological polar surface area (TPSA) is 44.1 Å².